The number of nitrogens with two attached hydrogens (primary N) is 1. The Hall–Kier alpha value is -1.25. The third-order valence-corrected chi connectivity index (χ3v) is 3.70. The van der Waals surface area contributed by atoms with Gasteiger partial charge in [0.25, 0.3) is 0 Å². The first kappa shape index (κ1) is 12.2. The summed E-state index contributed by atoms with van der Waals surface area (Å²) in [4.78, 5) is 4.10. The molecule has 17 heavy (non-hydrogen) atoms. The highest BCUT2D eigenvalue weighted by Crippen LogP contribution is 2.29. The Kier molecular flexibility index (Phi) is 4.24. The van der Waals surface area contributed by atoms with Crippen LogP contribution >= 0.6 is 0 Å². The zero-order valence-electron chi connectivity index (χ0n) is 10.7. The second-order valence-electron chi connectivity index (χ2n) is 5.12. The van der Waals surface area contributed by atoms with Gasteiger partial charge in [-0.25, -0.2) is 4.98 Å². The molecule has 0 spiro atoms. The lowest BCUT2D eigenvalue weighted by atomic mass is 9.83. The lowest BCUT2D eigenvalue weighted by Crippen LogP contribution is -2.26. The van der Waals surface area contributed by atoms with E-state index in [0.29, 0.717) is 11.9 Å². The molecule has 1 aliphatic rings. The van der Waals surface area contributed by atoms with Crippen molar-refractivity contribution in [3.8, 4) is 0 Å². The van der Waals surface area contributed by atoms with E-state index in [1.165, 1.54) is 38.5 Å². The lowest BCUT2D eigenvalue weighted by molar-refractivity contribution is 0.319. The highest BCUT2D eigenvalue weighted by molar-refractivity contribution is 5.45. The molecule has 94 valence electrons. The highest BCUT2D eigenvalue weighted by Gasteiger charge is 2.20. The Morgan fingerprint density at radius 1 is 1.29 bits per heavy atom. The second kappa shape index (κ2) is 5.89. The fourth-order valence-electron chi connectivity index (χ4n) is 2.73. The van der Waals surface area contributed by atoms with E-state index in [0.717, 1.165) is 11.6 Å². The van der Waals surface area contributed by atoms with Gasteiger partial charge in [0.2, 0.25) is 0 Å². The molecule has 0 aliphatic heterocycles. The van der Waals surface area contributed by atoms with Crippen LogP contribution in [-0.2, 0) is 0 Å². The molecule has 0 radical (unpaired) electrons. The van der Waals surface area contributed by atoms with Crippen LogP contribution in [0.2, 0.25) is 0 Å². The molecule has 3 nitrogen and oxygen atoms in total. The van der Waals surface area contributed by atoms with Gasteiger partial charge in [-0.3, -0.25) is 0 Å². The first-order valence-corrected chi connectivity index (χ1v) is 6.76. The molecule has 2 rings (SSSR count). The number of rotatable bonds is 4. The zero-order valence-corrected chi connectivity index (χ0v) is 10.7. The molecule has 3 N–H and O–H groups in total. The van der Waals surface area contributed by atoms with Crippen LogP contribution in [-0.4, -0.2) is 11.0 Å². The van der Waals surface area contributed by atoms with E-state index >= 15 is 0 Å². The van der Waals surface area contributed by atoms with Crippen molar-refractivity contribution in [2.24, 2.45) is 5.92 Å². The summed E-state index contributed by atoms with van der Waals surface area (Å²) in [6.07, 6.45) is 9.86. The first-order chi connectivity index (χ1) is 8.28. The van der Waals surface area contributed by atoms with Crippen LogP contribution < -0.4 is 11.1 Å². The molecule has 1 heterocycles. The maximum atomic E-state index is 5.57. The van der Waals surface area contributed by atoms with Crippen molar-refractivity contribution in [1.29, 1.82) is 0 Å². The standard InChI is InChI=1S/C14H23N3/c1-2-3-11-4-6-12(7-5-11)17-13-8-9-14(15)16-10-13/h8-12,17H,2-7H2,1H3,(H2,15,16). The van der Waals surface area contributed by atoms with Gasteiger partial charge < -0.3 is 11.1 Å². The van der Waals surface area contributed by atoms with Gasteiger partial charge in [-0.05, 0) is 43.7 Å². The minimum Gasteiger partial charge on any atom is -0.384 e. The zero-order chi connectivity index (χ0) is 12.1. The Morgan fingerprint density at radius 2 is 2.06 bits per heavy atom. The largest absolute Gasteiger partial charge is 0.384 e. The third kappa shape index (κ3) is 3.62. The first-order valence-electron chi connectivity index (χ1n) is 6.76. The molecule has 3 heteroatoms. The van der Waals surface area contributed by atoms with Gasteiger partial charge in [-0.15, -0.1) is 0 Å². The minimum absolute atomic E-state index is 0.585. The van der Waals surface area contributed by atoms with Crippen molar-refractivity contribution in [3.63, 3.8) is 0 Å². The third-order valence-electron chi connectivity index (χ3n) is 3.70. The van der Waals surface area contributed by atoms with Crippen LogP contribution in [0.15, 0.2) is 18.3 Å². The number of hydrogen-bond donors (Lipinski definition) is 2. The topological polar surface area (TPSA) is 50.9 Å². The fraction of sp³-hybridized carbons (Fsp3) is 0.643. The van der Waals surface area contributed by atoms with Crippen molar-refractivity contribution in [2.75, 3.05) is 11.1 Å². The number of nitrogens with one attached hydrogen (secondary N) is 1. The molecule has 0 unspecified atom stereocenters. The van der Waals surface area contributed by atoms with Crippen molar-refractivity contribution >= 4 is 11.5 Å². The number of nitrogens with zero attached hydrogens (tertiary/aromatic N) is 1. The Labute approximate surface area is 104 Å². The molecule has 1 aromatic heterocycles. The number of nitrogen functional groups attached to an aromatic ring is 1. The van der Waals surface area contributed by atoms with E-state index in [1.807, 2.05) is 18.3 Å². The van der Waals surface area contributed by atoms with Gasteiger partial charge in [0.15, 0.2) is 0 Å². The van der Waals surface area contributed by atoms with Crippen molar-refractivity contribution in [1.82, 2.24) is 4.98 Å². The number of anilines is 2. The Balaban J connectivity index is 1.79. The van der Waals surface area contributed by atoms with E-state index in [-0.39, 0.29) is 0 Å². The predicted octanol–water partition coefficient (Wildman–Crippen LogP) is 3.43. The quantitative estimate of drug-likeness (QED) is 0.837. The highest BCUT2D eigenvalue weighted by atomic mass is 14.9. The van der Waals surface area contributed by atoms with Gasteiger partial charge in [0.1, 0.15) is 5.82 Å². The average molecular weight is 233 g/mol. The fourth-order valence-corrected chi connectivity index (χ4v) is 2.73. The predicted molar refractivity (Wildman–Crippen MR) is 72.9 cm³/mol. The average Bonchev–Trinajstić information content (AvgIpc) is 2.35. The van der Waals surface area contributed by atoms with E-state index < -0.39 is 0 Å². The van der Waals surface area contributed by atoms with Crippen LogP contribution in [0.25, 0.3) is 0 Å². The molecule has 1 fully saturated rings. The molecule has 1 aliphatic carbocycles. The molecule has 1 aromatic rings. The number of pyridine rings is 1. The van der Waals surface area contributed by atoms with Crippen LogP contribution in [0.3, 0.4) is 0 Å². The molecule has 0 bridgehead atoms. The summed E-state index contributed by atoms with van der Waals surface area (Å²) in [6.45, 7) is 2.28. The molecular formula is C14H23N3. The van der Waals surface area contributed by atoms with Gasteiger partial charge in [0, 0.05) is 6.04 Å². The summed E-state index contributed by atoms with van der Waals surface area (Å²) in [5, 5.41) is 3.55. The van der Waals surface area contributed by atoms with Crippen LogP contribution in [0.4, 0.5) is 11.5 Å². The van der Waals surface area contributed by atoms with Crippen LogP contribution in [0.5, 0.6) is 0 Å². The molecule has 0 saturated heterocycles. The molecule has 0 aromatic carbocycles. The van der Waals surface area contributed by atoms with E-state index in [1.54, 1.807) is 0 Å². The van der Waals surface area contributed by atoms with Crippen LogP contribution in [0, 0.1) is 5.92 Å². The summed E-state index contributed by atoms with van der Waals surface area (Å²) in [7, 11) is 0. The van der Waals surface area contributed by atoms with Crippen molar-refractivity contribution < 1.29 is 0 Å². The van der Waals surface area contributed by atoms with Gasteiger partial charge >= 0.3 is 0 Å². The van der Waals surface area contributed by atoms with Gasteiger partial charge in [0.05, 0.1) is 11.9 Å². The summed E-state index contributed by atoms with van der Waals surface area (Å²) in [5.74, 6) is 1.55. The smallest absolute Gasteiger partial charge is 0.123 e. The normalized spacial score (nSPS) is 24.5. The maximum absolute atomic E-state index is 5.57. The molecular weight excluding hydrogens is 210 g/mol. The van der Waals surface area contributed by atoms with E-state index in [4.69, 9.17) is 5.73 Å². The SMILES string of the molecule is CCCC1CCC(Nc2ccc(N)nc2)CC1. The monoisotopic (exact) mass is 233 g/mol. The molecule has 1 saturated carbocycles. The Bertz CT molecular complexity index is 326. The number of aromatic nitrogens is 1. The Morgan fingerprint density at radius 3 is 2.65 bits per heavy atom. The molecule has 0 amide bonds. The summed E-state index contributed by atoms with van der Waals surface area (Å²) in [5.41, 5.74) is 6.67. The van der Waals surface area contributed by atoms with Gasteiger partial charge in [-0.1, -0.05) is 19.8 Å². The van der Waals surface area contributed by atoms with E-state index in [2.05, 4.69) is 17.2 Å². The number of hydrogen-bond acceptors (Lipinski definition) is 3. The van der Waals surface area contributed by atoms with Crippen molar-refractivity contribution in [3.05, 3.63) is 18.3 Å². The van der Waals surface area contributed by atoms with Crippen molar-refractivity contribution in [2.45, 2.75) is 51.5 Å². The minimum atomic E-state index is 0.585. The second-order valence-corrected chi connectivity index (χ2v) is 5.12. The van der Waals surface area contributed by atoms with Crippen LogP contribution in [0.1, 0.15) is 45.4 Å². The summed E-state index contributed by atoms with van der Waals surface area (Å²) in [6, 6.07) is 4.49. The van der Waals surface area contributed by atoms with E-state index in [9.17, 15) is 0 Å². The van der Waals surface area contributed by atoms with Gasteiger partial charge in [-0.2, -0.15) is 0 Å². The maximum Gasteiger partial charge on any atom is 0.123 e. The lowest BCUT2D eigenvalue weighted by Gasteiger charge is -2.29. The summed E-state index contributed by atoms with van der Waals surface area (Å²) >= 11 is 0. The summed E-state index contributed by atoms with van der Waals surface area (Å²) < 4.78 is 0. The molecule has 0 atom stereocenters.